The molecule has 0 unspecified atom stereocenters. The minimum Gasteiger partial charge on any atom is -0.465 e. The maximum atomic E-state index is 13.5. The molecule has 0 fully saturated rings. The summed E-state index contributed by atoms with van der Waals surface area (Å²) in [7, 11) is 1.31. The number of aryl methyl sites for hydroxylation is 2. The van der Waals surface area contributed by atoms with Crippen molar-refractivity contribution in [3.8, 4) is 0 Å². The van der Waals surface area contributed by atoms with Crippen molar-refractivity contribution < 1.29 is 18.7 Å². The Hall–Kier alpha value is -2.89. The number of carbonyl (C=O) groups excluding carboxylic acids is 2. The maximum Gasteiger partial charge on any atom is 0.337 e. The van der Waals surface area contributed by atoms with Crippen LogP contribution in [0.15, 0.2) is 36.4 Å². The zero-order valence-corrected chi connectivity index (χ0v) is 13.8. The molecule has 24 heavy (non-hydrogen) atoms. The molecule has 2 aromatic carbocycles. The van der Waals surface area contributed by atoms with E-state index in [9.17, 15) is 14.0 Å². The Morgan fingerprint density at radius 1 is 1.08 bits per heavy atom. The third-order valence-electron chi connectivity index (χ3n) is 3.55. The number of amides is 1. The van der Waals surface area contributed by atoms with E-state index in [1.165, 1.54) is 13.2 Å². The molecule has 2 rings (SSSR count). The summed E-state index contributed by atoms with van der Waals surface area (Å²) in [5.41, 5.74) is 2.85. The van der Waals surface area contributed by atoms with Crippen molar-refractivity contribution in [2.75, 3.05) is 24.3 Å². The predicted octanol–water partition coefficient (Wildman–Crippen LogP) is 3.28. The van der Waals surface area contributed by atoms with Gasteiger partial charge in [0.05, 0.1) is 19.2 Å². The number of hydrogen-bond donors (Lipinski definition) is 2. The molecule has 0 aliphatic rings. The highest BCUT2D eigenvalue weighted by molar-refractivity contribution is 5.94. The first-order chi connectivity index (χ1) is 11.4. The Kier molecular flexibility index (Phi) is 5.52. The third-order valence-corrected chi connectivity index (χ3v) is 3.55. The van der Waals surface area contributed by atoms with Crippen molar-refractivity contribution >= 4 is 23.3 Å². The van der Waals surface area contributed by atoms with Gasteiger partial charge < -0.3 is 15.4 Å². The highest BCUT2D eigenvalue weighted by atomic mass is 19.1. The fraction of sp³-hybridized carbons (Fsp3) is 0.222. The van der Waals surface area contributed by atoms with Crippen LogP contribution >= 0.6 is 0 Å². The van der Waals surface area contributed by atoms with Gasteiger partial charge in [0.15, 0.2) is 0 Å². The van der Waals surface area contributed by atoms with Crippen molar-refractivity contribution in [2.24, 2.45) is 0 Å². The minimum atomic E-state index is -0.447. The normalized spacial score (nSPS) is 10.2. The largest absolute Gasteiger partial charge is 0.465 e. The second-order valence-corrected chi connectivity index (χ2v) is 5.39. The molecular weight excluding hydrogens is 311 g/mol. The number of esters is 1. The van der Waals surface area contributed by atoms with Crippen molar-refractivity contribution in [1.29, 1.82) is 0 Å². The number of ether oxygens (including phenoxy) is 1. The zero-order chi connectivity index (χ0) is 17.7. The van der Waals surface area contributed by atoms with Crippen LogP contribution in [-0.2, 0) is 9.53 Å². The van der Waals surface area contributed by atoms with Crippen LogP contribution in [0.2, 0.25) is 0 Å². The molecule has 1 amide bonds. The molecule has 0 saturated heterocycles. The van der Waals surface area contributed by atoms with Crippen LogP contribution < -0.4 is 10.6 Å². The summed E-state index contributed by atoms with van der Waals surface area (Å²) in [5.74, 6) is -1.14. The van der Waals surface area contributed by atoms with Gasteiger partial charge in [-0.15, -0.1) is 0 Å². The molecular formula is C18H19FN2O3. The molecule has 2 aromatic rings. The van der Waals surface area contributed by atoms with Crippen LogP contribution in [-0.4, -0.2) is 25.5 Å². The molecule has 0 aliphatic carbocycles. The van der Waals surface area contributed by atoms with E-state index >= 15 is 0 Å². The third kappa shape index (κ3) is 4.32. The molecule has 5 nitrogen and oxygen atoms in total. The van der Waals surface area contributed by atoms with Crippen LogP contribution in [0.5, 0.6) is 0 Å². The van der Waals surface area contributed by atoms with Gasteiger partial charge in [-0.2, -0.15) is 0 Å². The average molecular weight is 330 g/mol. The van der Waals surface area contributed by atoms with Gasteiger partial charge in [0, 0.05) is 11.4 Å². The van der Waals surface area contributed by atoms with E-state index in [1.807, 2.05) is 6.92 Å². The van der Waals surface area contributed by atoms with Crippen LogP contribution in [0.25, 0.3) is 0 Å². The molecule has 6 heteroatoms. The van der Waals surface area contributed by atoms with Crippen LogP contribution in [0, 0.1) is 19.7 Å². The summed E-state index contributed by atoms with van der Waals surface area (Å²) in [4.78, 5) is 23.5. The van der Waals surface area contributed by atoms with Crippen molar-refractivity contribution in [3.63, 3.8) is 0 Å². The first-order valence-corrected chi connectivity index (χ1v) is 7.39. The lowest BCUT2D eigenvalue weighted by molar-refractivity contribution is -0.114. The maximum absolute atomic E-state index is 13.5. The molecule has 0 radical (unpaired) electrons. The molecule has 2 N–H and O–H groups in total. The number of anilines is 2. The van der Waals surface area contributed by atoms with Crippen LogP contribution in [0.3, 0.4) is 0 Å². The topological polar surface area (TPSA) is 67.4 Å². The van der Waals surface area contributed by atoms with E-state index in [-0.39, 0.29) is 18.3 Å². The van der Waals surface area contributed by atoms with E-state index in [0.29, 0.717) is 22.5 Å². The summed E-state index contributed by atoms with van der Waals surface area (Å²) in [6.45, 7) is 3.50. The molecule has 126 valence electrons. The number of benzene rings is 2. The van der Waals surface area contributed by atoms with Gasteiger partial charge in [-0.05, 0) is 49.2 Å². The van der Waals surface area contributed by atoms with E-state index in [2.05, 4.69) is 15.4 Å². The Labute approximate surface area is 139 Å². The molecule has 0 saturated carbocycles. The quantitative estimate of drug-likeness (QED) is 0.826. The predicted molar refractivity (Wildman–Crippen MR) is 90.8 cm³/mol. The summed E-state index contributed by atoms with van der Waals surface area (Å²) < 4.78 is 18.2. The van der Waals surface area contributed by atoms with Gasteiger partial charge >= 0.3 is 5.97 Å². The zero-order valence-electron chi connectivity index (χ0n) is 13.8. The Morgan fingerprint density at radius 2 is 1.79 bits per heavy atom. The van der Waals surface area contributed by atoms with Crippen LogP contribution in [0.4, 0.5) is 15.8 Å². The van der Waals surface area contributed by atoms with Gasteiger partial charge in [-0.1, -0.05) is 12.1 Å². The smallest absolute Gasteiger partial charge is 0.337 e. The number of methoxy groups -OCH3 is 1. The molecule has 0 bridgehead atoms. The second-order valence-electron chi connectivity index (χ2n) is 5.39. The number of nitrogens with one attached hydrogen (secondary N) is 2. The van der Waals surface area contributed by atoms with Gasteiger partial charge in [-0.3, -0.25) is 4.79 Å². The number of halogens is 1. The lowest BCUT2D eigenvalue weighted by Gasteiger charge is -2.11. The Bertz CT molecular complexity index is 775. The molecule has 0 spiro atoms. The molecule has 0 heterocycles. The van der Waals surface area contributed by atoms with Gasteiger partial charge in [0.1, 0.15) is 5.82 Å². The summed E-state index contributed by atoms with van der Waals surface area (Å²) >= 11 is 0. The fourth-order valence-corrected chi connectivity index (χ4v) is 2.11. The van der Waals surface area contributed by atoms with E-state index in [4.69, 9.17) is 0 Å². The van der Waals surface area contributed by atoms with Crippen LogP contribution in [0.1, 0.15) is 21.5 Å². The molecule has 0 aliphatic heterocycles. The van der Waals surface area contributed by atoms with Crippen molar-refractivity contribution in [2.45, 2.75) is 13.8 Å². The average Bonchev–Trinajstić information content (AvgIpc) is 2.56. The van der Waals surface area contributed by atoms with Gasteiger partial charge in [0.25, 0.3) is 0 Å². The van der Waals surface area contributed by atoms with E-state index in [0.717, 1.165) is 5.56 Å². The number of rotatable bonds is 5. The molecule has 0 atom stereocenters. The minimum absolute atomic E-state index is 0.0129. The summed E-state index contributed by atoms with van der Waals surface area (Å²) in [6.07, 6.45) is 0. The standard InChI is InChI=1S/C18H19FN2O3/c1-11-5-7-14(9-15(11)19)21-17(22)10-20-16-8-13(18(23)24-3)6-4-12(16)2/h4-9,20H,10H2,1-3H3,(H,21,22). The van der Waals surface area contributed by atoms with Gasteiger partial charge in [-0.25, -0.2) is 9.18 Å². The number of hydrogen-bond acceptors (Lipinski definition) is 4. The van der Waals surface area contributed by atoms with Crippen molar-refractivity contribution in [3.05, 3.63) is 58.9 Å². The Morgan fingerprint density at radius 3 is 2.46 bits per heavy atom. The Balaban J connectivity index is 2.00. The molecule has 0 aromatic heterocycles. The SMILES string of the molecule is COC(=O)c1ccc(C)c(NCC(=O)Nc2ccc(C)c(F)c2)c1. The fourth-order valence-electron chi connectivity index (χ4n) is 2.11. The first-order valence-electron chi connectivity index (χ1n) is 7.39. The first kappa shape index (κ1) is 17.5. The van der Waals surface area contributed by atoms with E-state index in [1.54, 1.807) is 37.3 Å². The van der Waals surface area contributed by atoms with E-state index < -0.39 is 5.97 Å². The number of carbonyl (C=O) groups is 2. The second kappa shape index (κ2) is 7.59. The lowest BCUT2D eigenvalue weighted by atomic mass is 10.1. The highest BCUT2D eigenvalue weighted by Gasteiger charge is 2.09. The summed E-state index contributed by atoms with van der Waals surface area (Å²) in [5, 5.41) is 5.58. The summed E-state index contributed by atoms with van der Waals surface area (Å²) in [6, 6.07) is 9.56. The highest BCUT2D eigenvalue weighted by Crippen LogP contribution is 2.18. The monoisotopic (exact) mass is 330 g/mol. The van der Waals surface area contributed by atoms with Crippen molar-refractivity contribution in [1.82, 2.24) is 0 Å². The van der Waals surface area contributed by atoms with Gasteiger partial charge in [0.2, 0.25) is 5.91 Å². The lowest BCUT2D eigenvalue weighted by Crippen LogP contribution is -2.22.